The molecule has 0 bridgehead atoms. The third-order valence-corrected chi connectivity index (χ3v) is 32.2. The van der Waals surface area contributed by atoms with Crippen LogP contribution in [0.2, 0.25) is 31.4 Å². The van der Waals surface area contributed by atoms with Gasteiger partial charge in [0.1, 0.15) is 0 Å². The quantitative estimate of drug-likeness (QED) is 0.121. The van der Waals surface area contributed by atoms with Crippen LogP contribution < -0.4 is 2.89 Å². The zero-order valence-electron chi connectivity index (χ0n) is 25.0. The van der Waals surface area contributed by atoms with E-state index in [1.54, 1.807) is 9.09 Å². The Morgan fingerprint density at radius 3 is 2.18 bits per heavy atom. The van der Waals surface area contributed by atoms with Gasteiger partial charge in [0, 0.05) is 0 Å². The van der Waals surface area contributed by atoms with E-state index in [1.807, 2.05) is 29.9 Å². The molecule has 3 aromatic heterocycles. The van der Waals surface area contributed by atoms with Crippen LogP contribution in [0.5, 0.6) is 0 Å². The number of hydrogen-bond acceptors (Lipinski definition) is 5. The summed E-state index contributed by atoms with van der Waals surface area (Å²) in [4.78, 5) is 23.7. The Bertz CT molecular complexity index is 1180. The molecule has 0 aliphatic heterocycles. The second kappa shape index (κ2) is 13.6. The Kier molecular flexibility index (Phi) is 11.2. The fourth-order valence-electron chi connectivity index (χ4n) is 4.80. The van der Waals surface area contributed by atoms with Crippen molar-refractivity contribution in [2.24, 2.45) is 0 Å². The third-order valence-electron chi connectivity index (χ3n) is 8.44. The van der Waals surface area contributed by atoms with E-state index < -0.39 is 26.7 Å². The van der Waals surface area contributed by atoms with Crippen LogP contribution in [0, 0.1) is 0 Å². The Morgan fingerprint density at radius 2 is 1.63 bits per heavy atom. The number of carbonyl (C=O) groups excluding carboxylic acids is 1. The van der Waals surface area contributed by atoms with Crippen LogP contribution in [0.1, 0.15) is 102 Å². The van der Waals surface area contributed by atoms with E-state index in [-0.39, 0.29) is 10.8 Å². The molecule has 0 atom stereocenters. The van der Waals surface area contributed by atoms with Gasteiger partial charge in [0.2, 0.25) is 0 Å². The van der Waals surface area contributed by atoms with Crippen LogP contribution >= 0.6 is 11.3 Å². The van der Waals surface area contributed by atoms with Crippen LogP contribution in [-0.4, -0.2) is 46.8 Å². The Balaban J connectivity index is 1.91. The number of pyridine rings is 1. The molecule has 0 radical (unpaired) electrons. The number of aromatic nitrogens is 3. The predicted octanol–water partition coefficient (Wildman–Crippen LogP) is 8.60. The zero-order valence-corrected chi connectivity index (χ0v) is 29.7. The summed E-state index contributed by atoms with van der Waals surface area (Å²) < 4.78 is 14.4. The Morgan fingerprint density at radius 1 is 1.03 bits per heavy atom. The first-order valence-electron chi connectivity index (χ1n) is 14.6. The molecule has 0 aliphatic carbocycles. The summed E-state index contributed by atoms with van der Waals surface area (Å²) in [5, 5.41) is 0.137. The molecule has 0 saturated heterocycles. The summed E-state index contributed by atoms with van der Waals surface area (Å²) in [5.74, 6) is -0.0425. The average molecular weight is 663 g/mol. The van der Waals surface area contributed by atoms with Gasteiger partial charge in [-0.3, -0.25) is 0 Å². The van der Waals surface area contributed by atoms with Crippen molar-refractivity contribution < 1.29 is 9.22 Å². The van der Waals surface area contributed by atoms with Gasteiger partial charge in [-0.1, -0.05) is 20.8 Å². The third kappa shape index (κ3) is 7.37. The molecule has 210 valence electrons. The summed E-state index contributed by atoms with van der Waals surface area (Å²) in [6.07, 6.45) is 15.4. The van der Waals surface area contributed by atoms with Crippen molar-refractivity contribution in [3.05, 3.63) is 47.8 Å². The van der Waals surface area contributed by atoms with E-state index >= 15 is 0 Å². The summed E-state index contributed by atoms with van der Waals surface area (Å²) >= 11 is -0.708. The number of nitrogens with zero attached hydrogens (tertiary/aromatic N) is 3. The van der Waals surface area contributed by atoms with Crippen LogP contribution in [-0.2, 0) is 11.0 Å². The van der Waals surface area contributed by atoms with Crippen LogP contribution in [0.25, 0.3) is 4.83 Å². The Hall–Kier alpha value is -1.03. The average Bonchev–Trinajstić information content (AvgIpc) is 3.48. The van der Waals surface area contributed by atoms with Crippen molar-refractivity contribution in [2.75, 3.05) is 0 Å². The number of rotatable bonds is 15. The molecule has 0 aromatic carbocycles. The van der Waals surface area contributed by atoms with Gasteiger partial charge in [0.15, 0.2) is 0 Å². The molecule has 0 fully saturated rings. The Labute approximate surface area is 239 Å². The van der Waals surface area contributed by atoms with Gasteiger partial charge in [-0.05, 0) is 0 Å². The fraction of sp³-hybridized carbons (Fsp3) is 0.633. The van der Waals surface area contributed by atoms with Crippen LogP contribution in [0.15, 0.2) is 31.0 Å². The van der Waals surface area contributed by atoms with E-state index in [1.165, 1.54) is 51.8 Å². The first-order chi connectivity index (χ1) is 18.0. The minimum atomic E-state index is -2.57. The van der Waals surface area contributed by atoms with Crippen LogP contribution in [0.3, 0.4) is 0 Å². The number of thiazole rings is 1. The second-order valence-corrected chi connectivity index (χ2v) is 32.5. The van der Waals surface area contributed by atoms with Gasteiger partial charge in [0.05, 0.1) is 0 Å². The van der Waals surface area contributed by atoms with Gasteiger partial charge >= 0.3 is 220 Å². The van der Waals surface area contributed by atoms with Crippen molar-refractivity contribution in [1.82, 2.24) is 14.4 Å². The second-order valence-electron chi connectivity index (χ2n) is 12.5. The molecule has 5 nitrogen and oxygen atoms in total. The van der Waals surface area contributed by atoms with Crippen LogP contribution in [0.4, 0.5) is 0 Å². The molecule has 0 unspecified atom stereocenters. The topological polar surface area (TPSA) is 56.5 Å². The maximum absolute atomic E-state index is 13.7. The summed E-state index contributed by atoms with van der Waals surface area (Å²) in [7, 11) is -1.89. The molecule has 0 amide bonds. The molecule has 0 aliphatic rings. The number of fused-ring (bicyclic) bond motifs is 1. The molecule has 3 heterocycles. The maximum atomic E-state index is 13.7. The molecule has 3 rings (SSSR count). The van der Waals surface area contributed by atoms with Gasteiger partial charge < -0.3 is 0 Å². The van der Waals surface area contributed by atoms with E-state index in [9.17, 15) is 4.79 Å². The molecular weight excluding hydrogens is 613 g/mol. The number of hydrogen-bond donors (Lipinski definition) is 0. The van der Waals surface area contributed by atoms with E-state index in [0.717, 1.165) is 10.4 Å². The minimum absolute atomic E-state index is 0.0425. The molecule has 8 heteroatoms. The molecular formula is C30H49N3O2SSiSn. The molecule has 38 heavy (non-hydrogen) atoms. The number of unbranched alkanes of at least 4 members (excludes halogenated alkanes) is 3. The van der Waals surface area contributed by atoms with Crippen molar-refractivity contribution in [3.8, 4) is 0 Å². The first kappa shape index (κ1) is 31.5. The van der Waals surface area contributed by atoms with E-state index in [0.29, 0.717) is 17.9 Å². The monoisotopic (exact) mass is 663 g/mol. The SMILES string of the molecule is CCC[CH2][Sn]([CH2]CCC)([CH2]CCC)[c]1cn2cnc(C(=O)c3cncc(CO[Si](C)(C)C(C)(C)C)c3)c2s1. The predicted molar refractivity (Wildman–Crippen MR) is 167 cm³/mol. The normalized spacial score (nSPS) is 12.9. The zero-order chi connectivity index (χ0) is 28.0. The van der Waals surface area contributed by atoms with Crippen molar-refractivity contribution in [2.45, 2.75) is 118 Å². The van der Waals surface area contributed by atoms with Gasteiger partial charge in [0.25, 0.3) is 0 Å². The molecule has 0 N–H and O–H groups in total. The van der Waals surface area contributed by atoms with Crippen molar-refractivity contribution in [1.29, 1.82) is 0 Å². The van der Waals surface area contributed by atoms with E-state index in [2.05, 4.69) is 75.2 Å². The number of carbonyl (C=O) groups is 1. The summed E-state index contributed by atoms with van der Waals surface area (Å²) in [5.41, 5.74) is 2.10. The molecule has 0 saturated carbocycles. The number of imidazole rings is 1. The van der Waals surface area contributed by atoms with Crippen molar-refractivity contribution in [3.63, 3.8) is 0 Å². The molecule has 3 aromatic rings. The fourth-order valence-corrected chi connectivity index (χ4v) is 25.8. The standard InChI is InChI=1S/C18H22N3O2SSi.3C4H9.Sn/c1-18(2,3)25(4,5)23-11-13-8-14(10-19-9-13)16(22)15-17-21(12-20-15)6-7-24-17;3*1-3-4-2;/h6,8-10,12H,11H2,1-5H3;3*1,3-4H2,2H3;. The summed E-state index contributed by atoms with van der Waals surface area (Å²) in [6, 6.07) is 1.94. The first-order valence-corrected chi connectivity index (χ1v) is 25.8. The van der Waals surface area contributed by atoms with E-state index in [4.69, 9.17) is 4.43 Å². The number of ketones is 1. The van der Waals surface area contributed by atoms with Gasteiger partial charge in [-0.25, -0.2) is 0 Å². The van der Waals surface area contributed by atoms with Gasteiger partial charge in [-0.15, -0.1) is 0 Å². The van der Waals surface area contributed by atoms with Gasteiger partial charge in [-0.2, -0.15) is 0 Å². The summed E-state index contributed by atoms with van der Waals surface area (Å²) in [6.45, 7) is 18.6. The van der Waals surface area contributed by atoms with Crippen molar-refractivity contribution >= 4 is 51.5 Å². The molecule has 0 spiro atoms.